The molecular weight excluding hydrogens is 332 g/mol. The Morgan fingerprint density at radius 3 is 2.73 bits per heavy atom. The molecular formula is C19H26N4O3. The molecule has 1 aromatic heterocycles. The van der Waals surface area contributed by atoms with E-state index >= 15 is 0 Å². The van der Waals surface area contributed by atoms with Crippen LogP contribution < -0.4 is 4.90 Å². The quantitative estimate of drug-likeness (QED) is 0.822. The fourth-order valence-electron chi connectivity index (χ4n) is 4.13. The Bertz CT molecular complexity index is 732. The number of anilines is 1. The molecule has 2 amide bonds. The third-order valence-corrected chi connectivity index (χ3v) is 5.60. The number of hydrogen-bond donors (Lipinski definition) is 0. The van der Waals surface area contributed by atoms with Crippen molar-refractivity contribution in [1.82, 2.24) is 14.9 Å². The van der Waals surface area contributed by atoms with Gasteiger partial charge in [0.2, 0.25) is 11.8 Å². The van der Waals surface area contributed by atoms with Crippen LogP contribution in [0.25, 0.3) is 0 Å². The lowest BCUT2D eigenvalue weighted by molar-refractivity contribution is -0.139. The van der Waals surface area contributed by atoms with Crippen LogP contribution in [-0.4, -0.2) is 53.0 Å². The van der Waals surface area contributed by atoms with Crippen LogP contribution in [0, 0.1) is 6.92 Å². The van der Waals surface area contributed by atoms with Gasteiger partial charge < -0.3 is 9.64 Å². The summed E-state index contributed by atoms with van der Waals surface area (Å²) in [5.41, 5.74) is 2.03. The first-order chi connectivity index (χ1) is 12.6. The Balaban J connectivity index is 1.71. The molecule has 0 radical (unpaired) electrons. The van der Waals surface area contributed by atoms with Gasteiger partial charge in [-0.3, -0.25) is 14.5 Å². The molecule has 1 atom stereocenters. The van der Waals surface area contributed by atoms with E-state index in [1.54, 1.807) is 0 Å². The molecule has 4 rings (SSSR count). The molecule has 26 heavy (non-hydrogen) atoms. The van der Waals surface area contributed by atoms with E-state index in [0.29, 0.717) is 31.3 Å². The number of hydrogen-bond acceptors (Lipinski definition) is 5. The largest absolute Gasteiger partial charge is 0.375 e. The first-order valence-corrected chi connectivity index (χ1v) is 9.58. The van der Waals surface area contributed by atoms with Crippen LogP contribution in [0.5, 0.6) is 0 Å². The number of rotatable bonds is 4. The minimum absolute atomic E-state index is 0.0219. The Hall–Kier alpha value is -2.02. The van der Waals surface area contributed by atoms with Crippen LogP contribution in [0.4, 0.5) is 5.82 Å². The standard InChI is InChI=1S/C19H26N4O3/c1-12-14-8-9-16(24)23(13-6-7-13)19(14)21-18(20-12)15-5-3-4-10-22(15)17(25)11-26-2/h13,15H,3-11H2,1-2H3/t15-/m0/s1. The van der Waals surface area contributed by atoms with Crippen molar-refractivity contribution in [3.8, 4) is 0 Å². The van der Waals surface area contributed by atoms with Crippen LogP contribution in [0.1, 0.15) is 61.6 Å². The van der Waals surface area contributed by atoms with Gasteiger partial charge in [0, 0.05) is 37.4 Å². The highest BCUT2D eigenvalue weighted by Gasteiger charge is 2.40. The molecule has 140 valence electrons. The molecule has 7 heteroatoms. The molecule has 0 bridgehead atoms. The molecule has 1 saturated carbocycles. The molecule has 1 aliphatic carbocycles. The van der Waals surface area contributed by atoms with E-state index in [2.05, 4.69) is 0 Å². The summed E-state index contributed by atoms with van der Waals surface area (Å²) in [6.45, 7) is 2.78. The van der Waals surface area contributed by atoms with E-state index in [9.17, 15) is 9.59 Å². The first-order valence-electron chi connectivity index (χ1n) is 9.58. The summed E-state index contributed by atoms with van der Waals surface area (Å²) < 4.78 is 5.04. The van der Waals surface area contributed by atoms with Crippen LogP contribution in [0.2, 0.25) is 0 Å². The van der Waals surface area contributed by atoms with Crippen LogP contribution in [-0.2, 0) is 20.7 Å². The van der Waals surface area contributed by atoms with Gasteiger partial charge >= 0.3 is 0 Å². The summed E-state index contributed by atoms with van der Waals surface area (Å²) >= 11 is 0. The average molecular weight is 358 g/mol. The summed E-state index contributed by atoms with van der Waals surface area (Å²) in [4.78, 5) is 38.3. The number of aryl methyl sites for hydroxylation is 1. The first kappa shape index (κ1) is 17.4. The fourth-order valence-corrected chi connectivity index (χ4v) is 4.13. The van der Waals surface area contributed by atoms with Crippen molar-refractivity contribution in [2.75, 3.05) is 25.2 Å². The number of amides is 2. The van der Waals surface area contributed by atoms with E-state index in [1.807, 2.05) is 16.7 Å². The predicted octanol–water partition coefficient (Wildman–Crippen LogP) is 1.93. The second kappa shape index (κ2) is 6.95. The monoisotopic (exact) mass is 358 g/mol. The van der Waals surface area contributed by atoms with Gasteiger partial charge in [-0.25, -0.2) is 9.97 Å². The van der Waals surface area contributed by atoms with Crippen molar-refractivity contribution in [3.63, 3.8) is 0 Å². The van der Waals surface area contributed by atoms with Crippen molar-refractivity contribution in [1.29, 1.82) is 0 Å². The lowest BCUT2D eigenvalue weighted by atomic mass is 9.99. The van der Waals surface area contributed by atoms with E-state index in [-0.39, 0.29) is 24.5 Å². The number of ether oxygens (including phenoxy) is 1. The minimum Gasteiger partial charge on any atom is -0.375 e. The molecule has 3 heterocycles. The van der Waals surface area contributed by atoms with Crippen LogP contribution in [0.15, 0.2) is 0 Å². The lowest BCUT2D eigenvalue weighted by Gasteiger charge is -2.36. The molecule has 0 spiro atoms. The smallest absolute Gasteiger partial charge is 0.249 e. The number of likely N-dealkylation sites (tertiary alicyclic amines) is 1. The highest BCUT2D eigenvalue weighted by molar-refractivity contribution is 5.96. The fraction of sp³-hybridized carbons (Fsp3) is 0.684. The lowest BCUT2D eigenvalue weighted by Crippen LogP contribution is -2.42. The summed E-state index contributed by atoms with van der Waals surface area (Å²) in [6.07, 6.45) is 6.23. The molecule has 7 nitrogen and oxygen atoms in total. The van der Waals surface area contributed by atoms with E-state index < -0.39 is 0 Å². The molecule has 2 fully saturated rings. The van der Waals surface area contributed by atoms with Gasteiger partial charge in [-0.15, -0.1) is 0 Å². The molecule has 0 unspecified atom stereocenters. The highest BCUT2D eigenvalue weighted by Crippen LogP contribution is 2.39. The topological polar surface area (TPSA) is 75.6 Å². The number of aromatic nitrogens is 2. The summed E-state index contributed by atoms with van der Waals surface area (Å²) in [6, 6.07) is 0.162. The Labute approximate surface area is 153 Å². The number of carbonyl (C=O) groups excluding carboxylic acids is 2. The van der Waals surface area contributed by atoms with Crippen LogP contribution in [0.3, 0.4) is 0 Å². The Kier molecular flexibility index (Phi) is 4.65. The second-order valence-electron chi connectivity index (χ2n) is 7.50. The zero-order valence-electron chi connectivity index (χ0n) is 15.5. The maximum Gasteiger partial charge on any atom is 0.249 e. The van der Waals surface area contributed by atoms with Gasteiger partial charge in [0.1, 0.15) is 12.4 Å². The van der Waals surface area contributed by atoms with E-state index in [4.69, 9.17) is 14.7 Å². The van der Waals surface area contributed by atoms with Crippen molar-refractivity contribution >= 4 is 17.6 Å². The van der Waals surface area contributed by atoms with E-state index in [0.717, 1.165) is 49.2 Å². The number of piperidine rings is 1. The minimum atomic E-state index is -0.131. The van der Waals surface area contributed by atoms with Gasteiger partial charge in [0.25, 0.3) is 0 Å². The highest BCUT2D eigenvalue weighted by atomic mass is 16.5. The normalized spacial score (nSPS) is 23.2. The predicted molar refractivity (Wildman–Crippen MR) is 95.8 cm³/mol. The Morgan fingerprint density at radius 2 is 2.00 bits per heavy atom. The van der Waals surface area contributed by atoms with Gasteiger partial charge in [0.05, 0.1) is 6.04 Å². The van der Waals surface area contributed by atoms with Gasteiger partial charge in [-0.05, 0) is 45.4 Å². The van der Waals surface area contributed by atoms with Gasteiger partial charge in [-0.1, -0.05) is 0 Å². The number of fused-ring (bicyclic) bond motifs is 1. The van der Waals surface area contributed by atoms with Crippen molar-refractivity contribution in [2.24, 2.45) is 0 Å². The molecule has 1 aromatic rings. The average Bonchev–Trinajstić information content (AvgIpc) is 3.46. The SMILES string of the molecule is COCC(=O)N1CCCC[C@H]1c1nc(C)c2c(n1)N(C1CC1)C(=O)CC2. The Morgan fingerprint density at radius 1 is 1.19 bits per heavy atom. The van der Waals surface area contributed by atoms with Gasteiger partial charge in [0.15, 0.2) is 5.82 Å². The number of carbonyl (C=O) groups is 2. The maximum atomic E-state index is 12.5. The molecule has 1 saturated heterocycles. The molecule has 0 N–H and O–H groups in total. The number of nitrogens with zero attached hydrogens (tertiary/aromatic N) is 4. The summed E-state index contributed by atoms with van der Waals surface area (Å²) in [5, 5.41) is 0. The van der Waals surface area contributed by atoms with Crippen molar-refractivity contribution in [2.45, 2.75) is 64.0 Å². The van der Waals surface area contributed by atoms with Crippen molar-refractivity contribution < 1.29 is 14.3 Å². The second-order valence-corrected chi connectivity index (χ2v) is 7.50. The molecule has 3 aliphatic rings. The van der Waals surface area contributed by atoms with Gasteiger partial charge in [-0.2, -0.15) is 0 Å². The molecule has 0 aromatic carbocycles. The van der Waals surface area contributed by atoms with Crippen molar-refractivity contribution in [3.05, 3.63) is 17.1 Å². The molecule has 2 aliphatic heterocycles. The third kappa shape index (κ3) is 3.09. The zero-order valence-corrected chi connectivity index (χ0v) is 15.5. The maximum absolute atomic E-state index is 12.5. The van der Waals surface area contributed by atoms with E-state index in [1.165, 1.54) is 7.11 Å². The summed E-state index contributed by atoms with van der Waals surface area (Å²) in [7, 11) is 1.54. The third-order valence-electron chi connectivity index (χ3n) is 5.60. The number of methoxy groups -OCH3 is 1. The zero-order chi connectivity index (χ0) is 18.3. The van der Waals surface area contributed by atoms with Crippen LogP contribution >= 0.6 is 0 Å². The summed E-state index contributed by atoms with van der Waals surface area (Å²) in [5.74, 6) is 1.60.